The first kappa shape index (κ1) is 11.6. The van der Waals surface area contributed by atoms with Gasteiger partial charge < -0.3 is 10.8 Å². The summed E-state index contributed by atoms with van der Waals surface area (Å²) in [4.78, 5) is 0. The highest BCUT2D eigenvalue weighted by atomic mass is 79.9. The lowest BCUT2D eigenvalue weighted by Crippen LogP contribution is -2.22. The number of aliphatic hydroxyl groups is 1. The molecule has 1 atom stereocenters. The van der Waals surface area contributed by atoms with E-state index in [0.29, 0.717) is 10.0 Å². The summed E-state index contributed by atoms with van der Waals surface area (Å²) < 4.78 is 25.9. The molecule has 0 fully saturated rings. The van der Waals surface area contributed by atoms with Gasteiger partial charge in [0.2, 0.25) is 0 Å². The molecule has 0 saturated heterocycles. The minimum absolute atomic E-state index is 0.0887. The van der Waals surface area contributed by atoms with Crippen LogP contribution < -0.4 is 5.73 Å². The minimum atomic E-state index is -0.924. The van der Waals surface area contributed by atoms with Gasteiger partial charge in [0.05, 0.1) is 6.10 Å². The van der Waals surface area contributed by atoms with Gasteiger partial charge in [-0.15, -0.1) is 0 Å². The molecule has 0 radical (unpaired) electrons. The van der Waals surface area contributed by atoms with Gasteiger partial charge in [0.25, 0.3) is 0 Å². The lowest BCUT2D eigenvalue weighted by atomic mass is 10.1. The molecule has 3 N–H and O–H groups in total. The minimum Gasteiger partial charge on any atom is -0.391 e. The molecule has 1 aromatic rings. The van der Waals surface area contributed by atoms with Crippen LogP contribution in [0.4, 0.5) is 8.78 Å². The van der Waals surface area contributed by atoms with Gasteiger partial charge in [-0.2, -0.15) is 0 Å². The van der Waals surface area contributed by atoms with Crippen LogP contribution in [0.25, 0.3) is 0 Å². The van der Waals surface area contributed by atoms with Crippen molar-refractivity contribution in [3.63, 3.8) is 0 Å². The largest absolute Gasteiger partial charge is 0.391 e. The molecule has 1 rings (SSSR count). The summed E-state index contributed by atoms with van der Waals surface area (Å²) in [5.74, 6) is -1.84. The first-order valence-corrected chi connectivity index (χ1v) is 4.85. The molecule has 0 amide bonds. The fourth-order valence-corrected chi connectivity index (χ4v) is 1.53. The quantitative estimate of drug-likeness (QED) is 0.816. The standard InChI is InChI=1S/C9H10BrF2NO/c10-7-3-9(12)8(11)2-5(7)1-6(14)4-13/h2-3,6,14H,1,4,13H2. The normalized spacial score (nSPS) is 12.9. The van der Waals surface area contributed by atoms with E-state index >= 15 is 0 Å². The van der Waals surface area contributed by atoms with Crippen molar-refractivity contribution < 1.29 is 13.9 Å². The van der Waals surface area contributed by atoms with E-state index in [2.05, 4.69) is 15.9 Å². The van der Waals surface area contributed by atoms with E-state index in [-0.39, 0.29) is 13.0 Å². The molecular weight excluding hydrogens is 256 g/mol. The van der Waals surface area contributed by atoms with Crippen LogP contribution in [0.1, 0.15) is 5.56 Å². The monoisotopic (exact) mass is 265 g/mol. The Bertz CT molecular complexity index is 333. The van der Waals surface area contributed by atoms with Crippen molar-refractivity contribution in [2.24, 2.45) is 5.73 Å². The van der Waals surface area contributed by atoms with E-state index in [9.17, 15) is 13.9 Å². The van der Waals surface area contributed by atoms with Crippen molar-refractivity contribution in [1.82, 2.24) is 0 Å². The van der Waals surface area contributed by atoms with Crippen LogP contribution in [0, 0.1) is 11.6 Å². The Labute approximate surface area is 88.9 Å². The Hall–Kier alpha value is -0.520. The van der Waals surface area contributed by atoms with Crippen LogP contribution in [0.5, 0.6) is 0 Å². The number of rotatable bonds is 3. The highest BCUT2D eigenvalue weighted by Crippen LogP contribution is 2.21. The maximum Gasteiger partial charge on any atom is 0.159 e. The molecule has 0 saturated carbocycles. The molecule has 0 aliphatic heterocycles. The Kier molecular flexibility index (Phi) is 3.97. The van der Waals surface area contributed by atoms with E-state index in [1.807, 2.05) is 0 Å². The molecule has 14 heavy (non-hydrogen) atoms. The van der Waals surface area contributed by atoms with Crippen LogP contribution in [0.3, 0.4) is 0 Å². The molecule has 5 heteroatoms. The molecule has 0 aromatic heterocycles. The smallest absolute Gasteiger partial charge is 0.159 e. The summed E-state index contributed by atoms with van der Waals surface area (Å²) in [6, 6.07) is 2.09. The van der Waals surface area contributed by atoms with Gasteiger partial charge in [0.1, 0.15) is 0 Å². The van der Waals surface area contributed by atoms with Crippen LogP contribution in [0.2, 0.25) is 0 Å². The third-order valence-corrected chi connectivity index (χ3v) is 2.56. The van der Waals surface area contributed by atoms with Crippen LogP contribution in [0.15, 0.2) is 16.6 Å². The zero-order valence-corrected chi connectivity index (χ0v) is 8.89. The Morgan fingerprint density at radius 1 is 1.36 bits per heavy atom. The fraction of sp³-hybridized carbons (Fsp3) is 0.333. The van der Waals surface area contributed by atoms with Gasteiger partial charge in [-0.3, -0.25) is 0 Å². The molecule has 0 bridgehead atoms. The molecule has 78 valence electrons. The van der Waals surface area contributed by atoms with Gasteiger partial charge in [0, 0.05) is 17.4 Å². The van der Waals surface area contributed by atoms with E-state index in [4.69, 9.17) is 5.73 Å². The average molecular weight is 266 g/mol. The zero-order valence-electron chi connectivity index (χ0n) is 7.30. The molecule has 0 aliphatic rings. The molecule has 1 aromatic carbocycles. The first-order chi connectivity index (χ1) is 6.54. The van der Waals surface area contributed by atoms with Gasteiger partial charge in [0.15, 0.2) is 11.6 Å². The van der Waals surface area contributed by atoms with Crippen molar-refractivity contribution in [1.29, 1.82) is 0 Å². The number of hydrogen-bond acceptors (Lipinski definition) is 2. The average Bonchev–Trinajstić information content (AvgIpc) is 2.14. The Morgan fingerprint density at radius 3 is 2.50 bits per heavy atom. The lowest BCUT2D eigenvalue weighted by molar-refractivity contribution is 0.183. The van der Waals surface area contributed by atoms with Crippen molar-refractivity contribution in [3.05, 3.63) is 33.8 Å². The number of hydrogen-bond donors (Lipinski definition) is 2. The van der Waals surface area contributed by atoms with E-state index < -0.39 is 17.7 Å². The van der Waals surface area contributed by atoms with E-state index in [1.54, 1.807) is 0 Å². The third-order valence-electron chi connectivity index (χ3n) is 1.82. The maximum absolute atomic E-state index is 12.8. The van der Waals surface area contributed by atoms with Crippen LogP contribution >= 0.6 is 15.9 Å². The lowest BCUT2D eigenvalue weighted by Gasteiger charge is -2.09. The van der Waals surface area contributed by atoms with Crippen molar-refractivity contribution in [2.75, 3.05) is 6.54 Å². The summed E-state index contributed by atoms with van der Waals surface area (Å²) in [6.45, 7) is 0.0887. The summed E-state index contributed by atoms with van der Waals surface area (Å²) in [6.07, 6.45) is -0.537. The number of benzene rings is 1. The van der Waals surface area contributed by atoms with Gasteiger partial charge >= 0.3 is 0 Å². The van der Waals surface area contributed by atoms with Crippen LogP contribution in [-0.4, -0.2) is 17.8 Å². The fourth-order valence-electron chi connectivity index (χ4n) is 1.06. The third kappa shape index (κ3) is 2.73. The van der Waals surface area contributed by atoms with Crippen molar-refractivity contribution >= 4 is 15.9 Å². The second-order valence-electron chi connectivity index (χ2n) is 2.95. The van der Waals surface area contributed by atoms with Crippen LogP contribution in [-0.2, 0) is 6.42 Å². The summed E-state index contributed by atoms with van der Waals surface area (Å²) in [5.41, 5.74) is 5.71. The highest BCUT2D eigenvalue weighted by Gasteiger charge is 2.11. The maximum atomic E-state index is 12.8. The van der Waals surface area contributed by atoms with Gasteiger partial charge in [-0.05, 0) is 17.7 Å². The Morgan fingerprint density at radius 2 is 1.93 bits per heavy atom. The number of aliphatic hydroxyl groups excluding tert-OH is 1. The van der Waals surface area contributed by atoms with Gasteiger partial charge in [-0.25, -0.2) is 8.78 Å². The van der Waals surface area contributed by atoms with E-state index in [1.165, 1.54) is 0 Å². The molecule has 0 heterocycles. The first-order valence-electron chi connectivity index (χ1n) is 4.06. The number of halogens is 3. The predicted octanol–water partition coefficient (Wildman–Crippen LogP) is 1.59. The molecule has 2 nitrogen and oxygen atoms in total. The summed E-state index contributed by atoms with van der Waals surface area (Å²) in [5, 5.41) is 9.23. The second kappa shape index (κ2) is 4.82. The molecule has 1 unspecified atom stereocenters. The molecule has 0 aliphatic carbocycles. The highest BCUT2D eigenvalue weighted by molar-refractivity contribution is 9.10. The van der Waals surface area contributed by atoms with E-state index in [0.717, 1.165) is 12.1 Å². The second-order valence-corrected chi connectivity index (χ2v) is 3.81. The molecular formula is C9H10BrF2NO. The number of nitrogens with two attached hydrogens (primary N) is 1. The Balaban J connectivity index is 2.92. The van der Waals surface area contributed by atoms with Gasteiger partial charge in [-0.1, -0.05) is 15.9 Å². The van der Waals surface area contributed by atoms with Crippen molar-refractivity contribution in [3.8, 4) is 0 Å². The predicted molar refractivity (Wildman–Crippen MR) is 52.8 cm³/mol. The zero-order chi connectivity index (χ0) is 10.7. The summed E-state index contributed by atoms with van der Waals surface area (Å²) in [7, 11) is 0. The topological polar surface area (TPSA) is 46.2 Å². The SMILES string of the molecule is NCC(O)Cc1cc(F)c(F)cc1Br. The van der Waals surface area contributed by atoms with Crippen molar-refractivity contribution in [2.45, 2.75) is 12.5 Å². The molecule has 0 spiro atoms. The summed E-state index contributed by atoms with van der Waals surface area (Å²) >= 11 is 3.08.